The minimum Gasteiger partial charge on any atom is -0.481 e. The normalized spacial score (nSPS) is 18.5. The summed E-state index contributed by atoms with van der Waals surface area (Å²) in [5, 5.41) is 8.64. The van der Waals surface area contributed by atoms with Gasteiger partial charge < -0.3 is 5.11 Å². The summed E-state index contributed by atoms with van der Waals surface area (Å²) >= 11 is 0. The Kier molecular flexibility index (Phi) is 4.39. The van der Waals surface area contributed by atoms with E-state index in [0.29, 0.717) is 12.6 Å². The average molecular weight is 199 g/mol. The molecule has 1 unspecified atom stereocenters. The minimum atomic E-state index is -0.686. The fraction of sp³-hybridized carbons (Fsp3) is 0.909. The third-order valence-corrected chi connectivity index (χ3v) is 3.07. The van der Waals surface area contributed by atoms with Crippen molar-refractivity contribution in [2.75, 3.05) is 13.1 Å². The molecule has 82 valence electrons. The largest absolute Gasteiger partial charge is 0.481 e. The topological polar surface area (TPSA) is 40.5 Å². The molecule has 0 heterocycles. The van der Waals surface area contributed by atoms with Crippen molar-refractivity contribution in [3.63, 3.8) is 0 Å². The van der Waals surface area contributed by atoms with Crippen molar-refractivity contribution in [1.29, 1.82) is 0 Å². The van der Waals surface area contributed by atoms with E-state index in [2.05, 4.69) is 18.7 Å². The molecule has 0 bridgehead atoms. The number of rotatable bonds is 7. The molecule has 1 fully saturated rings. The molecular formula is C11H21NO2. The first-order valence-electron chi connectivity index (χ1n) is 5.64. The van der Waals surface area contributed by atoms with E-state index in [1.165, 1.54) is 12.8 Å². The first-order chi connectivity index (χ1) is 6.69. The van der Waals surface area contributed by atoms with E-state index in [0.717, 1.165) is 18.9 Å². The maximum absolute atomic E-state index is 10.5. The molecule has 14 heavy (non-hydrogen) atoms. The standard InChI is InChI=1S/C11H21NO2/c1-3-10(9-5-6-9)12(4-2)8-7-11(13)14/h9-10H,3-8H2,1-2H3,(H,13,14). The van der Waals surface area contributed by atoms with Gasteiger partial charge in [0.1, 0.15) is 0 Å². The predicted molar refractivity (Wildman–Crippen MR) is 56.3 cm³/mol. The van der Waals surface area contributed by atoms with Gasteiger partial charge in [0.25, 0.3) is 0 Å². The van der Waals surface area contributed by atoms with Gasteiger partial charge in [0.05, 0.1) is 6.42 Å². The molecule has 0 amide bonds. The lowest BCUT2D eigenvalue weighted by molar-refractivity contribution is -0.137. The maximum Gasteiger partial charge on any atom is 0.304 e. The number of nitrogens with zero attached hydrogens (tertiary/aromatic N) is 1. The predicted octanol–water partition coefficient (Wildman–Crippen LogP) is 1.97. The van der Waals surface area contributed by atoms with Gasteiger partial charge in [-0.05, 0) is 31.7 Å². The molecule has 1 aliphatic carbocycles. The van der Waals surface area contributed by atoms with Crippen LogP contribution in [0.1, 0.15) is 39.5 Å². The second-order valence-corrected chi connectivity index (χ2v) is 4.09. The van der Waals surface area contributed by atoms with Crippen LogP contribution in [0.5, 0.6) is 0 Å². The lowest BCUT2D eigenvalue weighted by Crippen LogP contribution is -2.37. The third-order valence-electron chi connectivity index (χ3n) is 3.07. The summed E-state index contributed by atoms with van der Waals surface area (Å²) in [6.45, 7) is 6.00. The van der Waals surface area contributed by atoms with Gasteiger partial charge in [-0.15, -0.1) is 0 Å². The number of hydrogen-bond acceptors (Lipinski definition) is 2. The molecule has 1 saturated carbocycles. The fourth-order valence-electron chi connectivity index (χ4n) is 2.17. The Morgan fingerprint density at radius 1 is 1.50 bits per heavy atom. The Hall–Kier alpha value is -0.570. The van der Waals surface area contributed by atoms with Crippen molar-refractivity contribution in [3.05, 3.63) is 0 Å². The van der Waals surface area contributed by atoms with Crippen LogP contribution in [-0.2, 0) is 4.79 Å². The van der Waals surface area contributed by atoms with E-state index in [-0.39, 0.29) is 6.42 Å². The number of carboxylic acids is 1. The first kappa shape index (κ1) is 11.5. The first-order valence-corrected chi connectivity index (χ1v) is 5.64. The zero-order chi connectivity index (χ0) is 10.6. The van der Waals surface area contributed by atoms with Crippen molar-refractivity contribution < 1.29 is 9.90 Å². The monoisotopic (exact) mass is 199 g/mol. The van der Waals surface area contributed by atoms with Gasteiger partial charge in [-0.25, -0.2) is 0 Å². The Bertz CT molecular complexity index is 190. The molecule has 3 nitrogen and oxygen atoms in total. The van der Waals surface area contributed by atoms with E-state index in [1.54, 1.807) is 0 Å². The maximum atomic E-state index is 10.5. The highest BCUT2D eigenvalue weighted by molar-refractivity contribution is 5.66. The number of carbonyl (C=O) groups is 1. The van der Waals surface area contributed by atoms with Crippen LogP contribution in [-0.4, -0.2) is 35.1 Å². The Balaban J connectivity index is 2.37. The van der Waals surface area contributed by atoms with Gasteiger partial charge in [-0.2, -0.15) is 0 Å². The van der Waals surface area contributed by atoms with Gasteiger partial charge >= 0.3 is 5.97 Å². The second kappa shape index (κ2) is 5.35. The van der Waals surface area contributed by atoms with E-state index < -0.39 is 5.97 Å². The van der Waals surface area contributed by atoms with Crippen LogP contribution >= 0.6 is 0 Å². The van der Waals surface area contributed by atoms with Crippen LogP contribution in [0, 0.1) is 5.92 Å². The van der Waals surface area contributed by atoms with Crippen molar-refractivity contribution in [1.82, 2.24) is 4.90 Å². The van der Waals surface area contributed by atoms with E-state index >= 15 is 0 Å². The highest BCUT2D eigenvalue weighted by atomic mass is 16.4. The lowest BCUT2D eigenvalue weighted by Gasteiger charge is -2.29. The molecule has 1 aliphatic rings. The molecule has 0 radical (unpaired) electrons. The van der Waals surface area contributed by atoms with E-state index in [4.69, 9.17) is 5.11 Å². The average Bonchev–Trinajstić information content (AvgIpc) is 2.95. The zero-order valence-electron chi connectivity index (χ0n) is 9.20. The van der Waals surface area contributed by atoms with Crippen molar-refractivity contribution in [2.45, 2.75) is 45.6 Å². The summed E-state index contributed by atoms with van der Waals surface area (Å²) in [6, 6.07) is 0.624. The lowest BCUT2D eigenvalue weighted by atomic mass is 10.1. The Labute approximate surface area is 86.1 Å². The summed E-state index contributed by atoms with van der Waals surface area (Å²) < 4.78 is 0. The smallest absolute Gasteiger partial charge is 0.304 e. The van der Waals surface area contributed by atoms with Gasteiger partial charge in [-0.1, -0.05) is 13.8 Å². The Morgan fingerprint density at radius 3 is 2.50 bits per heavy atom. The SMILES string of the molecule is CCC(C1CC1)N(CC)CCC(=O)O. The van der Waals surface area contributed by atoms with Crippen LogP contribution in [0.3, 0.4) is 0 Å². The molecule has 0 aliphatic heterocycles. The van der Waals surface area contributed by atoms with Crippen LogP contribution < -0.4 is 0 Å². The molecule has 0 aromatic heterocycles. The van der Waals surface area contributed by atoms with Gasteiger partial charge in [0.2, 0.25) is 0 Å². The summed E-state index contributed by atoms with van der Waals surface area (Å²) in [7, 11) is 0. The van der Waals surface area contributed by atoms with Crippen LogP contribution in [0.4, 0.5) is 0 Å². The molecule has 0 aromatic carbocycles. The molecule has 1 N–H and O–H groups in total. The highest BCUT2D eigenvalue weighted by Gasteiger charge is 2.33. The van der Waals surface area contributed by atoms with Crippen LogP contribution in [0.25, 0.3) is 0 Å². The second-order valence-electron chi connectivity index (χ2n) is 4.09. The third kappa shape index (κ3) is 3.29. The number of hydrogen-bond donors (Lipinski definition) is 1. The molecule has 0 aromatic rings. The molecule has 0 spiro atoms. The van der Waals surface area contributed by atoms with Gasteiger partial charge in [0.15, 0.2) is 0 Å². The number of aliphatic carboxylic acids is 1. The quantitative estimate of drug-likeness (QED) is 0.681. The van der Waals surface area contributed by atoms with Crippen molar-refractivity contribution >= 4 is 5.97 Å². The van der Waals surface area contributed by atoms with Crippen LogP contribution in [0.2, 0.25) is 0 Å². The minimum absolute atomic E-state index is 0.275. The summed E-state index contributed by atoms with van der Waals surface area (Å²) in [4.78, 5) is 12.8. The highest BCUT2D eigenvalue weighted by Crippen LogP contribution is 2.36. The number of carboxylic acid groups (broad SMARTS) is 1. The molecule has 0 saturated heterocycles. The summed E-state index contributed by atoms with van der Waals surface area (Å²) in [5.41, 5.74) is 0. The Morgan fingerprint density at radius 2 is 2.14 bits per heavy atom. The van der Waals surface area contributed by atoms with Crippen molar-refractivity contribution in [3.8, 4) is 0 Å². The molecular weight excluding hydrogens is 178 g/mol. The van der Waals surface area contributed by atoms with Crippen molar-refractivity contribution in [2.24, 2.45) is 5.92 Å². The fourth-order valence-corrected chi connectivity index (χ4v) is 2.17. The van der Waals surface area contributed by atoms with E-state index in [9.17, 15) is 4.79 Å². The van der Waals surface area contributed by atoms with E-state index in [1.807, 2.05) is 0 Å². The van der Waals surface area contributed by atoms with Crippen LogP contribution in [0.15, 0.2) is 0 Å². The summed E-state index contributed by atoms with van der Waals surface area (Å²) in [6.07, 6.45) is 4.10. The zero-order valence-corrected chi connectivity index (χ0v) is 9.20. The molecule has 3 heteroatoms. The van der Waals surface area contributed by atoms with Gasteiger partial charge in [0, 0.05) is 12.6 Å². The molecule has 1 rings (SSSR count). The molecule has 1 atom stereocenters. The summed E-state index contributed by atoms with van der Waals surface area (Å²) in [5.74, 6) is 0.155. The van der Waals surface area contributed by atoms with Gasteiger partial charge in [-0.3, -0.25) is 9.69 Å².